The Bertz CT molecular complexity index is 911. The lowest BCUT2D eigenvalue weighted by Crippen LogP contribution is -2.41. The SMILES string of the molecule is CC(=O)NC[C@H]1[C@H]2CN(C(=O)COCc3nc4ccccc4[nH]3)C[C@]23CC[C@H]1O3. The number of amides is 2. The number of aromatic nitrogens is 2. The highest BCUT2D eigenvalue weighted by atomic mass is 16.5. The molecule has 0 radical (unpaired) electrons. The minimum absolute atomic E-state index is 0.0183. The zero-order valence-electron chi connectivity index (χ0n) is 16.5. The van der Waals surface area contributed by atoms with E-state index in [1.807, 2.05) is 29.2 Å². The van der Waals surface area contributed by atoms with Gasteiger partial charge in [-0.1, -0.05) is 12.1 Å². The Morgan fingerprint density at radius 2 is 2.28 bits per heavy atom. The number of carbonyl (C=O) groups is 2. The van der Waals surface area contributed by atoms with Gasteiger partial charge in [-0.2, -0.15) is 0 Å². The number of rotatable bonds is 6. The number of hydrogen-bond acceptors (Lipinski definition) is 5. The van der Waals surface area contributed by atoms with Crippen molar-refractivity contribution in [3.8, 4) is 0 Å². The van der Waals surface area contributed by atoms with Gasteiger partial charge in [-0.05, 0) is 25.0 Å². The van der Waals surface area contributed by atoms with E-state index in [9.17, 15) is 9.59 Å². The van der Waals surface area contributed by atoms with Crippen LogP contribution in [0.5, 0.6) is 0 Å². The van der Waals surface area contributed by atoms with Crippen molar-refractivity contribution >= 4 is 22.8 Å². The second-order valence-corrected chi connectivity index (χ2v) is 8.43. The molecular weight excluding hydrogens is 372 g/mol. The molecule has 3 aliphatic rings. The zero-order valence-corrected chi connectivity index (χ0v) is 16.5. The van der Waals surface area contributed by atoms with Gasteiger partial charge in [-0.25, -0.2) is 4.98 Å². The van der Waals surface area contributed by atoms with Crippen molar-refractivity contribution in [3.05, 3.63) is 30.1 Å². The fraction of sp³-hybridized carbons (Fsp3) is 0.571. The maximum absolute atomic E-state index is 12.7. The van der Waals surface area contributed by atoms with Crippen LogP contribution in [0.2, 0.25) is 0 Å². The van der Waals surface area contributed by atoms with Gasteiger partial charge in [-0.15, -0.1) is 0 Å². The molecule has 1 aromatic carbocycles. The first-order chi connectivity index (χ1) is 14.0. The number of ether oxygens (including phenoxy) is 2. The molecule has 4 atom stereocenters. The maximum Gasteiger partial charge on any atom is 0.248 e. The molecule has 0 aliphatic carbocycles. The summed E-state index contributed by atoms with van der Waals surface area (Å²) in [6, 6.07) is 7.80. The van der Waals surface area contributed by atoms with Crippen molar-refractivity contribution in [2.24, 2.45) is 11.8 Å². The maximum atomic E-state index is 12.7. The van der Waals surface area contributed by atoms with Gasteiger partial charge in [0.2, 0.25) is 11.8 Å². The van der Waals surface area contributed by atoms with Gasteiger partial charge in [0.1, 0.15) is 19.0 Å². The van der Waals surface area contributed by atoms with E-state index in [0.717, 1.165) is 23.9 Å². The Balaban J connectivity index is 1.17. The molecule has 3 aliphatic heterocycles. The molecular formula is C21H26N4O4. The summed E-state index contributed by atoms with van der Waals surface area (Å²) in [5.74, 6) is 1.24. The molecule has 1 aromatic heterocycles. The third-order valence-electron chi connectivity index (χ3n) is 6.63. The van der Waals surface area contributed by atoms with Crippen molar-refractivity contribution < 1.29 is 19.1 Å². The predicted octanol–water partition coefficient (Wildman–Crippen LogP) is 1.22. The highest BCUT2D eigenvalue weighted by Gasteiger charge is 2.63. The summed E-state index contributed by atoms with van der Waals surface area (Å²) in [6.07, 6.45) is 2.20. The number of nitrogens with zero attached hydrogens (tertiary/aromatic N) is 2. The molecule has 1 spiro atoms. The van der Waals surface area contributed by atoms with Crippen molar-refractivity contribution in [1.29, 1.82) is 0 Å². The molecule has 4 heterocycles. The van der Waals surface area contributed by atoms with E-state index < -0.39 is 0 Å². The topological polar surface area (TPSA) is 96.5 Å². The molecule has 3 saturated heterocycles. The van der Waals surface area contributed by atoms with Gasteiger partial charge in [-0.3, -0.25) is 9.59 Å². The van der Waals surface area contributed by atoms with Crippen LogP contribution in [0, 0.1) is 11.8 Å². The molecule has 3 fully saturated rings. The van der Waals surface area contributed by atoms with Gasteiger partial charge in [0, 0.05) is 31.8 Å². The quantitative estimate of drug-likeness (QED) is 0.763. The number of nitrogens with one attached hydrogen (secondary N) is 2. The van der Waals surface area contributed by atoms with Gasteiger partial charge < -0.3 is 24.7 Å². The lowest BCUT2D eigenvalue weighted by Gasteiger charge is -2.29. The third kappa shape index (κ3) is 3.30. The molecule has 5 rings (SSSR count). The first-order valence-corrected chi connectivity index (χ1v) is 10.3. The Kier molecular flexibility index (Phi) is 4.55. The smallest absolute Gasteiger partial charge is 0.248 e. The number of para-hydroxylation sites is 2. The summed E-state index contributed by atoms with van der Waals surface area (Å²) in [5, 5.41) is 2.93. The fourth-order valence-electron chi connectivity index (χ4n) is 5.32. The van der Waals surface area contributed by atoms with Gasteiger partial charge in [0.05, 0.1) is 29.3 Å². The standard InChI is InChI=1S/C21H26N4O4/c1-13(26)22-8-14-15-9-25(12-21(15)7-6-18(14)29-21)20(27)11-28-10-19-23-16-4-2-3-5-17(16)24-19/h2-5,14-15,18H,6-12H2,1H3,(H,22,26)(H,23,24)/t14-,15+,18+,21+/m0/s1. The van der Waals surface area contributed by atoms with E-state index in [4.69, 9.17) is 9.47 Å². The van der Waals surface area contributed by atoms with Gasteiger partial charge >= 0.3 is 0 Å². The predicted molar refractivity (Wildman–Crippen MR) is 105 cm³/mol. The van der Waals surface area contributed by atoms with E-state index >= 15 is 0 Å². The van der Waals surface area contributed by atoms with Crippen LogP contribution in [0.1, 0.15) is 25.6 Å². The summed E-state index contributed by atoms with van der Waals surface area (Å²) in [4.78, 5) is 33.6. The molecule has 8 heteroatoms. The Morgan fingerprint density at radius 3 is 3.10 bits per heavy atom. The zero-order chi connectivity index (χ0) is 20.0. The average molecular weight is 398 g/mol. The van der Waals surface area contributed by atoms with Crippen molar-refractivity contribution in [2.75, 3.05) is 26.2 Å². The second-order valence-electron chi connectivity index (χ2n) is 8.43. The fourth-order valence-corrected chi connectivity index (χ4v) is 5.32. The summed E-state index contributed by atoms with van der Waals surface area (Å²) >= 11 is 0. The first kappa shape index (κ1) is 18.6. The normalized spacial score (nSPS) is 30.1. The minimum atomic E-state index is -0.234. The number of H-pyrrole nitrogens is 1. The summed E-state index contributed by atoms with van der Waals surface area (Å²) in [5.41, 5.74) is 1.62. The van der Waals surface area contributed by atoms with Crippen LogP contribution in [0.4, 0.5) is 0 Å². The van der Waals surface area contributed by atoms with Crippen LogP contribution in [-0.2, 0) is 25.7 Å². The Labute approximate surface area is 168 Å². The summed E-state index contributed by atoms with van der Waals surface area (Å²) < 4.78 is 12.0. The number of fused-ring (bicyclic) bond motifs is 2. The molecule has 2 aromatic rings. The summed E-state index contributed by atoms with van der Waals surface area (Å²) in [7, 11) is 0. The molecule has 0 unspecified atom stereocenters. The van der Waals surface area contributed by atoms with Crippen LogP contribution in [0.25, 0.3) is 11.0 Å². The van der Waals surface area contributed by atoms with Crippen molar-refractivity contribution in [3.63, 3.8) is 0 Å². The van der Waals surface area contributed by atoms with Crippen molar-refractivity contribution in [2.45, 2.75) is 38.1 Å². The molecule has 154 valence electrons. The monoisotopic (exact) mass is 398 g/mol. The van der Waals surface area contributed by atoms with Crippen LogP contribution >= 0.6 is 0 Å². The average Bonchev–Trinajstić information content (AvgIpc) is 3.44. The first-order valence-electron chi connectivity index (χ1n) is 10.3. The number of likely N-dealkylation sites (tertiary alicyclic amines) is 1. The van der Waals surface area contributed by atoms with Crippen LogP contribution in [0.3, 0.4) is 0 Å². The van der Waals surface area contributed by atoms with E-state index in [2.05, 4.69) is 15.3 Å². The van der Waals surface area contributed by atoms with Crippen LogP contribution in [0.15, 0.2) is 24.3 Å². The van der Waals surface area contributed by atoms with E-state index in [-0.39, 0.29) is 48.6 Å². The highest BCUT2D eigenvalue weighted by molar-refractivity contribution is 5.78. The van der Waals surface area contributed by atoms with Gasteiger partial charge in [0.25, 0.3) is 0 Å². The Morgan fingerprint density at radius 1 is 1.41 bits per heavy atom. The summed E-state index contributed by atoms with van der Waals surface area (Å²) in [6.45, 7) is 3.75. The number of aromatic amines is 1. The second kappa shape index (κ2) is 7.11. The number of benzene rings is 1. The largest absolute Gasteiger partial charge is 0.369 e. The lowest BCUT2D eigenvalue weighted by atomic mass is 9.73. The lowest BCUT2D eigenvalue weighted by molar-refractivity contribution is -0.137. The number of hydrogen-bond donors (Lipinski definition) is 2. The minimum Gasteiger partial charge on any atom is -0.369 e. The highest BCUT2D eigenvalue weighted by Crippen LogP contribution is 2.54. The van der Waals surface area contributed by atoms with E-state index in [0.29, 0.717) is 25.5 Å². The Hall–Kier alpha value is -2.45. The van der Waals surface area contributed by atoms with Gasteiger partial charge in [0.15, 0.2) is 0 Å². The molecule has 2 bridgehead atoms. The third-order valence-corrected chi connectivity index (χ3v) is 6.63. The number of carbonyl (C=O) groups excluding carboxylic acids is 2. The van der Waals surface area contributed by atoms with E-state index in [1.165, 1.54) is 6.92 Å². The van der Waals surface area contributed by atoms with Crippen molar-refractivity contribution in [1.82, 2.24) is 20.2 Å². The van der Waals surface area contributed by atoms with E-state index in [1.54, 1.807) is 0 Å². The molecule has 0 saturated carbocycles. The van der Waals surface area contributed by atoms with Crippen LogP contribution < -0.4 is 5.32 Å². The molecule has 8 nitrogen and oxygen atoms in total. The molecule has 29 heavy (non-hydrogen) atoms. The molecule has 2 N–H and O–H groups in total. The van der Waals surface area contributed by atoms with Crippen LogP contribution in [-0.4, -0.2) is 64.6 Å². The number of imidazole rings is 1. The molecule has 2 amide bonds.